The van der Waals surface area contributed by atoms with Gasteiger partial charge in [-0.2, -0.15) is 5.10 Å². The van der Waals surface area contributed by atoms with Crippen molar-refractivity contribution in [3.8, 4) is 5.75 Å². The standard InChI is InChI=1S/C22H36N6O2/c1-17-8-9-18(21(12-17)30-11-7-10-29-6)13-24-22(23-2)25-15-20(27(3)4)19-14-26-28(5)16-19/h8-9,12,14,16,20H,7,10-11,13,15H2,1-6H3,(H2,23,24,25). The summed E-state index contributed by atoms with van der Waals surface area (Å²) in [5.41, 5.74) is 3.43. The number of aromatic nitrogens is 2. The van der Waals surface area contributed by atoms with Gasteiger partial charge >= 0.3 is 0 Å². The van der Waals surface area contributed by atoms with Gasteiger partial charge in [-0.05, 0) is 32.6 Å². The van der Waals surface area contributed by atoms with Crippen molar-refractivity contribution in [2.75, 3.05) is 48.0 Å². The second kappa shape index (κ2) is 12.2. The first-order valence-corrected chi connectivity index (χ1v) is 10.2. The minimum atomic E-state index is 0.191. The summed E-state index contributed by atoms with van der Waals surface area (Å²) in [4.78, 5) is 6.53. The summed E-state index contributed by atoms with van der Waals surface area (Å²) in [5, 5.41) is 11.1. The van der Waals surface area contributed by atoms with E-state index in [2.05, 4.69) is 64.8 Å². The lowest BCUT2D eigenvalue weighted by molar-refractivity contribution is 0.171. The predicted octanol–water partition coefficient (Wildman–Crippen LogP) is 2.11. The lowest BCUT2D eigenvalue weighted by Crippen LogP contribution is -2.41. The summed E-state index contributed by atoms with van der Waals surface area (Å²) in [6, 6.07) is 6.46. The number of nitrogens with one attached hydrogen (secondary N) is 2. The second-order valence-corrected chi connectivity index (χ2v) is 7.54. The summed E-state index contributed by atoms with van der Waals surface area (Å²) in [5.74, 6) is 1.65. The molecule has 0 amide bonds. The first-order chi connectivity index (χ1) is 14.4. The lowest BCUT2D eigenvalue weighted by Gasteiger charge is -2.24. The molecule has 0 fully saturated rings. The number of hydrogen-bond acceptors (Lipinski definition) is 5. The zero-order chi connectivity index (χ0) is 21.9. The van der Waals surface area contributed by atoms with Crippen LogP contribution in [0.4, 0.5) is 0 Å². The smallest absolute Gasteiger partial charge is 0.191 e. The fourth-order valence-corrected chi connectivity index (χ4v) is 3.13. The van der Waals surface area contributed by atoms with E-state index in [9.17, 15) is 0 Å². The molecule has 0 radical (unpaired) electrons. The number of methoxy groups -OCH3 is 1. The van der Waals surface area contributed by atoms with E-state index in [-0.39, 0.29) is 6.04 Å². The van der Waals surface area contributed by atoms with E-state index in [1.54, 1.807) is 14.2 Å². The number of aryl methyl sites for hydroxylation is 2. The van der Waals surface area contributed by atoms with E-state index >= 15 is 0 Å². The quantitative estimate of drug-likeness (QED) is 0.332. The van der Waals surface area contributed by atoms with Gasteiger partial charge in [0.15, 0.2) is 5.96 Å². The normalized spacial score (nSPS) is 12.8. The Morgan fingerprint density at radius 3 is 2.70 bits per heavy atom. The van der Waals surface area contributed by atoms with E-state index in [4.69, 9.17) is 9.47 Å². The van der Waals surface area contributed by atoms with Gasteiger partial charge < -0.3 is 25.0 Å². The first kappa shape index (κ1) is 23.7. The summed E-state index contributed by atoms with van der Waals surface area (Å²) in [7, 11) is 9.54. The zero-order valence-corrected chi connectivity index (χ0v) is 19.1. The molecular weight excluding hydrogens is 380 g/mol. The zero-order valence-electron chi connectivity index (χ0n) is 19.1. The van der Waals surface area contributed by atoms with E-state index in [1.807, 2.05) is 24.1 Å². The van der Waals surface area contributed by atoms with Crippen molar-refractivity contribution in [2.24, 2.45) is 12.0 Å². The number of nitrogens with zero attached hydrogens (tertiary/aromatic N) is 4. The van der Waals surface area contributed by atoms with Crippen LogP contribution in [0.5, 0.6) is 5.75 Å². The Kier molecular flexibility index (Phi) is 9.63. The van der Waals surface area contributed by atoms with Crippen molar-refractivity contribution >= 4 is 5.96 Å². The van der Waals surface area contributed by atoms with Crippen molar-refractivity contribution < 1.29 is 9.47 Å². The molecule has 1 aromatic heterocycles. The average Bonchev–Trinajstić information content (AvgIpc) is 3.14. The van der Waals surface area contributed by atoms with Crippen molar-refractivity contribution in [1.82, 2.24) is 25.3 Å². The fraction of sp³-hybridized carbons (Fsp3) is 0.545. The first-order valence-electron chi connectivity index (χ1n) is 10.2. The predicted molar refractivity (Wildman–Crippen MR) is 121 cm³/mol. The maximum absolute atomic E-state index is 5.98. The number of ether oxygens (including phenoxy) is 2. The SMILES string of the molecule is CN=C(NCc1ccc(C)cc1OCCCOC)NCC(c1cnn(C)c1)N(C)C. The minimum Gasteiger partial charge on any atom is -0.493 e. The molecule has 0 spiro atoms. The highest BCUT2D eigenvalue weighted by molar-refractivity contribution is 5.79. The van der Waals surface area contributed by atoms with Crippen molar-refractivity contribution in [3.63, 3.8) is 0 Å². The highest BCUT2D eigenvalue weighted by atomic mass is 16.5. The fourth-order valence-electron chi connectivity index (χ4n) is 3.13. The van der Waals surface area contributed by atoms with E-state index in [1.165, 1.54) is 5.56 Å². The molecule has 2 N–H and O–H groups in total. The molecule has 8 nitrogen and oxygen atoms in total. The molecule has 0 aliphatic carbocycles. The molecule has 1 aromatic carbocycles. The van der Waals surface area contributed by atoms with Crippen LogP contribution in [0.3, 0.4) is 0 Å². The Bertz CT molecular complexity index is 803. The lowest BCUT2D eigenvalue weighted by atomic mass is 10.1. The van der Waals surface area contributed by atoms with Crippen LogP contribution in [0.1, 0.15) is 29.2 Å². The Labute approximate surface area is 180 Å². The highest BCUT2D eigenvalue weighted by Gasteiger charge is 2.16. The topological polar surface area (TPSA) is 75.9 Å². The van der Waals surface area contributed by atoms with Gasteiger partial charge in [-0.3, -0.25) is 9.67 Å². The van der Waals surface area contributed by atoms with Crippen LogP contribution < -0.4 is 15.4 Å². The van der Waals surface area contributed by atoms with Gasteiger partial charge in [-0.25, -0.2) is 0 Å². The largest absolute Gasteiger partial charge is 0.493 e. The molecule has 0 bridgehead atoms. The van der Waals surface area contributed by atoms with Gasteiger partial charge in [0, 0.05) is 64.6 Å². The van der Waals surface area contributed by atoms with E-state index < -0.39 is 0 Å². The van der Waals surface area contributed by atoms with Crippen LogP contribution in [-0.4, -0.2) is 68.7 Å². The third kappa shape index (κ3) is 7.35. The summed E-state index contributed by atoms with van der Waals surface area (Å²) in [6.45, 7) is 4.73. The molecule has 1 heterocycles. The van der Waals surface area contributed by atoms with E-state index in [0.717, 1.165) is 29.3 Å². The summed E-state index contributed by atoms with van der Waals surface area (Å²) >= 11 is 0. The molecular formula is C22H36N6O2. The van der Waals surface area contributed by atoms with Crippen molar-refractivity contribution in [2.45, 2.75) is 25.9 Å². The van der Waals surface area contributed by atoms with Gasteiger partial charge in [-0.15, -0.1) is 0 Å². The third-order valence-electron chi connectivity index (χ3n) is 4.84. The summed E-state index contributed by atoms with van der Waals surface area (Å²) < 4.78 is 12.9. The van der Waals surface area contributed by atoms with Gasteiger partial charge in [0.2, 0.25) is 0 Å². The average molecular weight is 417 g/mol. The molecule has 1 atom stereocenters. The Balaban J connectivity index is 1.95. The molecule has 166 valence electrons. The maximum Gasteiger partial charge on any atom is 0.191 e. The van der Waals surface area contributed by atoms with Crippen LogP contribution in [0.15, 0.2) is 35.6 Å². The number of benzene rings is 1. The van der Waals surface area contributed by atoms with Gasteiger partial charge in [0.1, 0.15) is 5.75 Å². The van der Waals surface area contributed by atoms with Crippen LogP contribution >= 0.6 is 0 Å². The van der Waals surface area contributed by atoms with Crippen LogP contribution in [-0.2, 0) is 18.3 Å². The Hall–Kier alpha value is -2.58. The second-order valence-electron chi connectivity index (χ2n) is 7.54. The molecule has 8 heteroatoms. The van der Waals surface area contributed by atoms with Gasteiger partial charge in [-0.1, -0.05) is 12.1 Å². The van der Waals surface area contributed by atoms with Crippen LogP contribution in [0.25, 0.3) is 0 Å². The summed E-state index contributed by atoms with van der Waals surface area (Å²) in [6.07, 6.45) is 4.81. The minimum absolute atomic E-state index is 0.191. The van der Waals surface area contributed by atoms with Gasteiger partial charge in [0.25, 0.3) is 0 Å². The number of hydrogen-bond donors (Lipinski definition) is 2. The molecule has 1 unspecified atom stereocenters. The highest BCUT2D eigenvalue weighted by Crippen LogP contribution is 2.21. The van der Waals surface area contributed by atoms with Crippen molar-refractivity contribution in [3.05, 3.63) is 47.3 Å². The Morgan fingerprint density at radius 1 is 1.27 bits per heavy atom. The van der Waals surface area contributed by atoms with Crippen LogP contribution in [0, 0.1) is 6.92 Å². The molecule has 0 saturated heterocycles. The number of guanidine groups is 1. The van der Waals surface area contributed by atoms with Crippen molar-refractivity contribution in [1.29, 1.82) is 0 Å². The number of likely N-dealkylation sites (N-methyl/N-ethyl adjacent to an activating group) is 1. The molecule has 30 heavy (non-hydrogen) atoms. The molecule has 0 aliphatic heterocycles. The number of aliphatic imine (C=N–C) groups is 1. The van der Waals surface area contributed by atoms with E-state index in [0.29, 0.717) is 26.3 Å². The molecule has 2 aromatic rings. The molecule has 0 saturated carbocycles. The third-order valence-corrected chi connectivity index (χ3v) is 4.84. The molecule has 2 rings (SSSR count). The molecule has 0 aliphatic rings. The van der Waals surface area contributed by atoms with Crippen LogP contribution in [0.2, 0.25) is 0 Å². The van der Waals surface area contributed by atoms with Gasteiger partial charge in [0.05, 0.1) is 18.8 Å². The monoisotopic (exact) mass is 416 g/mol. The maximum atomic E-state index is 5.98. The Morgan fingerprint density at radius 2 is 2.07 bits per heavy atom. The number of rotatable bonds is 11.